The summed E-state index contributed by atoms with van der Waals surface area (Å²) in [6.07, 6.45) is 1.58. The molecule has 2 rings (SSSR count). The summed E-state index contributed by atoms with van der Waals surface area (Å²) >= 11 is 0. The second-order valence-corrected chi connectivity index (χ2v) is 3.87. The van der Waals surface area contributed by atoms with E-state index >= 15 is 0 Å². The normalized spacial score (nSPS) is 10.4. The highest BCUT2D eigenvalue weighted by Crippen LogP contribution is 2.09. The maximum absolute atomic E-state index is 12.7. The Hall–Kier alpha value is -2.57. The fourth-order valence-electron chi connectivity index (χ4n) is 1.57. The van der Waals surface area contributed by atoms with Crippen LogP contribution in [0.5, 0.6) is 0 Å². The van der Waals surface area contributed by atoms with Crippen LogP contribution < -0.4 is 0 Å². The largest absolute Gasteiger partial charge is 0.389 e. The van der Waals surface area contributed by atoms with Gasteiger partial charge in [-0.25, -0.2) is 4.39 Å². The molecular formula is C12H10FN3O3. The molecule has 7 heteroatoms. The van der Waals surface area contributed by atoms with E-state index in [4.69, 9.17) is 0 Å². The summed E-state index contributed by atoms with van der Waals surface area (Å²) in [5, 5.41) is 14.1. The van der Waals surface area contributed by atoms with Crippen molar-refractivity contribution in [2.45, 2.75) is 13.0 Å². The summed E-state index contributed by atoms with van der Waals surface area (Å²) in [5.41, 5.74) is 0.406. The van der Waals surface area contributed by atoms with Crippen LogP contribution in [0.1, 0.15) is 16.8 Å². The number of ketones is 1. The van der Waals surface area contributed by atoms with Gasteiger partial charge in [0.15, 0.2) is 5.78 Å². The number of halogens is 1. The molecule has 2 aromatic rings. The number of rotatable bonds is 5. The van der Waals surface area contributed by atoms with E-state index in [9.17, 15) is 19.3 Å². The Bertz CT molecular complexity index is 607. The topological polar surface area (TPSA) is 78.0 Å². The van der Waals surface area contributed by atoms with Crippen LogP contribution in [0.2, 0.25) is 0 Å². The molecule has 1 aromatic heterocycles. The molecular weight excluding hydrogens is 253 g/mol. The lowest BCUT2D eigenvalue weighted by Crippen LogP contribution is -2.07. The number of aromatic nitrogens is 2. The summed E-state index contributed by atoms with van der Waals surface area (Å²) in [6.45, 7) is 0.240. The Kier molecular flexibility index (Phi) is 3.65. The van der Waals surface area contributed by atoms with E-state index in [-0.39, 0.29) is 24.6 Å². The monoisotopic (exact) mass is 263 g/mol. The Morgan fingerprint density at radius 1 is 1.32 bits per heavy atom. The summed E-state index contributed by atoms with van der Waals surface area (Å²) in [7, 11) is 0. The van der Waals surface area contributed by atoms with Gasteiger partial charge in [-0.2, -0.15) is 4.68 Å². The van der Waals surface area contributed by atoms with Crippen LogP contribution in [0.25, 0.3) is 0 Å². The van der Waals surface area contributed by atoms with Gasteiger partial charge >= 0.3 is 5.82 Å². The highest BCUT2D eigenvalue weighted by Gasteiger charge is 2.12. The molecule has 0 aliphatic heterocycles. The van der Waals surface area contributed by atoms with E-state index in [1.807, 2.05) is 0 Å². The average molecular weight is 263 g/mol. The number of hydrogen-bond donors (Lipinski definition) is 0. The van der Waals surface area contributed by atoms with E-state index in [0.717, 1.165) is 0 Å². The lowest BCUT2D eigenvalue weighted by molar-refractivity contribution is -0.389. The Morgan fingerprint density at radius 2 is 2.00 bits per heavy atom. The van der Waals surface area contributed by atoms with E-state index in [1.54, 1.807) is 0 Å². The highest BCUT2D eigenvalue weighted by atomic mass is 19.1. The Balaban J connectivity index is 1.96. The first-order chi connectivity index (χ1) is 9.06. The van der Waals surface area contributed by atoms with Crippen LogP contribution in [0, 0.1) is 15.9 Å². The molecule has 0 amide bonds. The van der Waals surface area contributed by atoms with E-state index in [1.165, 1.54) is 41.2 Å². The number of nitrogens with zero attached hydrogens (tertiary/aromatic N) is 3. The van der Waals surface area contributed by atoms with Gasteiger partial charge in [0.25, 0.3) is 0 Å². The van der Waals surface area contributed by atoms with Crippen molar-refractivity contribution in [1.29, 1.82) is 0 Å². The number of benzene rings is 1. The van der Waals surface area contributed by atoms with Crippen molar-refractivity contribution in [2.75, 3.05) is 0 Å². The summed E-state index contributed by atoms with van der Waals surface area (Å²) in [6, 6.07) is 6.51. The number of Topliss-reactive ketones (excluding diaryl/α,β-unsaturated/α-hetero) is 1. The minimum absolute atomic E-state index is 0.143. The Morgan fingerprint density at radius 3 is 2.58 bits per heavy atom. The molecule has 0 N–H and O–H groups in total. The summed E-state index contributed by atoms with van der Waals surface area (Å²) in [5.74, 6) is -0.827. The van der Waals surface area contributed by atoms with Crippen LogP contribution in [-0.4, -0.2) is 20.5 Å². The van der Waals surface area contributed by atoms with Gasteiger partial charge in [0.05, 0.1) is 23.9 Å². The summed E-state index contributed by atoms with van der Waals surface area (Å²) < 4.78 is 14.0. The molecule has 1 heterocycles. The molecule has 0 bridgehead atoms. The molecule has 0 saturated carbocycles. The molecule has 19 heavy (non-hydrogen) atoms. The highest BCUT2D eigenvalue weighted by molar-refractivity contribution is 5.95. The zero-order valence-corrected chi connectivity index (χ0v) is 9.82. The molecule has 0 radical (unpaired) electrons. The predicted molar refractivity (Wildman–Crippen MR) is 64.2 cm³/mol. The quantitative estimate of drug-likeness (QED) is 0.470. The van der Waals surface area contributed by atoms with Gasteiger partial charge in [0.1, 0.15) is 5.82 Å². The third-order valence-electron chi connectivity index (χ3n) is 2.55. The first-order valence-corrected chi connectivity index (χ1v) is 5.53. The van der Waals surface area contributed by atoms with Gasteiger partial charge in [0, 0.05) is 12.0 Å². The number of nitro groups is 1. The predicted octanol–water partition coefficient (Wildman–Crippen LogP) is 2.20. The van der Waals surface area contributed by atoms with Crippen LogP contribution in [0.15, 0.2) is 36.5 Å². The SMILES string of the molecule is O=C(CCn1ccc([N+](=O)[O-])n1)c1ccc(F)cc1. The van der Waals surface area contributed by atoms with E-state index < -0.39 is 10.7 Å². The number of carbonyl (C=O) groups excluding carboxylic acids is 1. The summed E-state index contributed by atoms with van der Waals surface area (Å²) in [4.78, 5) is 21.6. The van der Waals surface area contributed by atoms with Crippen molar-refractivity contribution >= 4 is 11.6 Å². The van der Waals surface area contributed by atoms with Crippen LogP contribution in [0.4, 0.5) is 10.2 Å². The lowest BCUT2D eigenvalue weighted by atomic mass is 10.1. The van der Waals surface area contributed by atoms with Crippen molar-refractivity contribution in [3.8, 4) is 0 Å². The standard InChI is InChI=1S/C12H10FN3O3/c13-10-3-1-9(2-4-10)11(17)5-7-15-8-6-12(14-15)16(18)19/h1-4,6,8H,5,7H2. The van der Waals surface area contributed by atoms with E-state index in [0.29, 0.717) is 5.56 Å². The van der Waals surface area contributed by atoms with Gasteiger partial charge in [0.2, 0.25) is 0 Å². The fraction of sp³-hybridized carbons (Fsp3) is 0.167. The molecule has 0 aliphatic rings. The third-order valence-corrected chi connectivity index (χ3v) is 2.55. The van der Waals surface area contributed by atoms with Gasteiger partial charge in [-0.15, -0.1) is 0 Å². The van der Waals surface area contributed by atoms with E-state index in [2.05, 4.69) is 5.10 Å². The molecule has 0 fully saturated rings. The fourth-order valence-corrected chi connectivity index (χ4v) is 1.57. The van der Waals surface area contributed by atoms with Crippen molar-refractivity contribution in [3.63, 3.8) is 0 Å². The average Bonchev–Trinajstić information content (AvgIpc) is 2.86. The number of carbonyl (C=O) groups is 1. The third kappa shape index (κ3) is 3.21. The minimum Gasteiger partial charge on any atom is -0.358 e. The first kappa shape index (κ1) is 12.9. The maximum atomic E-state index is 12.7. The van der Waals surface area contributed by atoms with Gasteiger partial charge in [-0.1, -0.05) is 0 Å². The minimum atomic E-state index is -0.599. The molecule has 0 unspecified atom stereocenters. The van der Waals surface area contributed by atoms with Gasteiger partial charge < -0.3 is 10.1 Å². The molecule has 0 atom stereocenters. The molecule has 1 aromatic carbocycles. The van der Waals surface area contributed by atoms with Crippen LogP contribution in [-0.2, 0) is 6.54 Å². The van der Waals surface area contributed by atoms with Crippen LogP contribution in [0.3, 0.4) is 0 Å². The van der Waals surface area contributed by atoms with Crippen molar-refractivity contribution < 1.29 is 14.1 Å². The number of hydrogen-bond acceptors (Lipinski definition) is 4. The second kappa shape index (κ2) is 5.38. The van der Waals surface area contributed by atoms with Crippen molar-refractivity contribution in [2.24, 2.45) is 0 Å². The maximum Gasteiger partial charge on any atom is 0.389 e. The zero-order chi connectivity index (χ0) is 13.8. The van der Waals surface area contributed by atoms with Gasteiger partial charge in [-0.3, -0.25) is 4.79 Å². The Labute approximate surface area is 107 Å². The van der Waals surface area contributed by atoms with Gasteiger partial charge in [-0.05, 0) is 29.2 Å². The number of aryl methyl sites for hydroxylation is 1. The molecule has 0 aliphatic carbocycles. The first-order valence-electron chi connectivity index (χ1n) is 5.53. The van der Waals surface area contributed by atoms with Crippen molar-refractivity contribution in [3.05, 3.63) is 58.0 Å². The zero-order valence-electron chi connectivity index (χ0n) is 9.82. The molecule has 0 spiro atoms. The molecule has 0 saturated heterocycles. The lowest BCUT2D eigenvalue weighted by Gasteiger charge is -1.99. The van der Waals surface area contributed by atoms with Crippen molar-refractivity contribution in [1.82, 2.24) is 9.78 Å². The smallest absolute Gasteiger partial charge is 0.358 e. The molecule has 98 valence electrons. The second-order valence-electron chi connectivity index (χ2n) is 3.87. The molecule has 6 nitrogen and oxygen atoms in total. The van der Waals surface area contributed by atoms with Crippen LogP contribution >= 0.6 is 0 Å².